The molecule has 0 atom stereocenters. The third-order valence-electron chi connectivity index (χ3n) is 4.26. The number of nitrogens with zero attached hydrogens (tertiary/aromatic N) is 5. The Bertz CT molecular complexity index is 780. The first-order valence-corrected chi connectivity index (χ1v) is 8.91. The van der Waals surface area contributed by atoms with Gasteiger partial charge in [-0.25, -0.2) is 14.1 Å². The van der Waals surface area contributed by atoms with Crippen molar-refractivity contribution in [1.29, 1.82) is 0 Å². The van der Waals surface area contributed by atoms with Crippen LogP contribution < -0.4 is 9.13 Å². The molecule has 0 fully saturated rings. The predicted molar refractivity (Wildman–Crippen MR) is 96.2 cm³/mol. The molecule has 0 aliphatic heterocycles. The lowest BCUT2D eigenvalue weighted by molar-refractivity contribution is -0.697. The van der Waals surface area contributed by atoms with Gasteiger partial charge in [0.15, 0.2) is 30.6 Å². The van der Waals surface area contributed by atoms with Crippen LogP contribution in [0.5, 0.6) is 0 Å². The summed E-state index contributed by atoms with van der Waals surface area (Å²) in [6.07, 6.45) is 15.0. The minimum absolute atomic E-state index is 0.656. The Morgan fingerprint density at radius 1 is 0.840 bits per heavy atom. The Kier molecular flexibility index (Phi) is 5.77. The van der Waals surface area contributed by atoms with Gasteiger partial charge in [0.2, 0.25) is 0 Å². The van der Waals surface area contributed by atoms with E-state index in [1.54, 1.807) is 6.20 Å². The average molecular weight is 335 g/mol. The highest BCUT2D eigenvalue weighted by molar-refractivity contribution is 5.58. The van der Waals surface area contributed by atoms with Crippen LogP contribution in [0.3, 0.4) is 0 Å². The van der Waals surface area contributed by atoms with Gasteiger partial charge in [0.05, 0.1) is 6.20 Å². The maximum absolute atomic E-state index is 4.47. The van der Waals surface area contributed by atoms with Crippen LogP contribution in [-0.2, 0) is 13.6 Å². The van der Waals surface area contributed by atoms with Crippen LogP contribution >= 0.6 is 0 Å². The Labute approximate surface area is 149 Å². The van der Waals surface area contributed by atoms with Crippen molar-refractivity contribution >= 4 is 0 Å². The molecule has 3 aromatic rings. The highest BCUT2D eigenvalue weighted by Gasteiger charge is 2.08. The van der Waals surface area contributed by atoms with Gasteiger partial charge in [-0.2, -0.15) is 0 Å². The molecule has 0 saturated carbocycles. The molecule has 0 spiro atoms. The molecule has 3 rings (SSSR count). The summed E-state index contributed by atoms with van der Waals surface area (Å²) in [6.45, 7) is 3.29. The minimum Gasteiger partial charge on any atom is -0.233 e. The number of rotatable bonds is 7. The highest BCUT2D eigenvalue weighted by atomic mass is 15.2. The average Bonchev–Trinajstić information content (AvgIpc) is 2.67. The fourth-order valence-electron chi connectivity index (χ4n) is 2.69. The molecule has 0 N–H and O–H groups in total. The van der Waals surface area contributed by atoms with Gasteiger partial charge in [0, 0.05) is 41.8 Å². The van der Waals surface area contributed by atoms with Gasteiger partial charge in [-0.05, 0) is 6.42 Å². The zero-order valence-electron chi connectivity index (χ0n) is 15.0. The summed E-state index contributed by atoms with van der Waals surface area (Å²) in [7, 11) is 1.99. The molecule has 0 bridgehead atoms. The Balaban J connectivity index is 1.66. The summed E-state index contributed by atoms with van der Waals surface area (Å²) in [5.74, 6) is 0.656. The number of unbranched alkanes of at least 4 members (excludes halogenated alkanes) is 3. The van der Waals surface area contributed by atoms with Crippen LogP contribution in [-0.4, -0.2) is 15.2 Å². The smallest absolute Gasteiger partial charge is 0.182 e. The minimum atomic E-state index is 0.656. The van der Waals surface area contributed by atoms with Gasteiger partial charge in [-0.1, -0.05) is 19.8 Å². The van der Waals surface area contributed by atoms with E-state index < -0.39 is 0 Å². The first kappa shape index (κ1) is 17.1. The van der Waals surface area contributed by atoms with E-state index >= 15 is 0 Å². The van der Waals surface area contributed by atoms with Crippen molar-refractivity contribution in [2.75, 3.05) is 0 Å². The molecule has 0 radical (unpaired) electrons. The fraction of sp³-hybridized carbons (Fsp3) is 0.350. The zero-order valence-corrected chi connectivity index (χ0v) is 15.0. The predicted octanol–water partition coefficient (Wildman–Crippen LogP) is 2.90. The lowest BCUT2D eigenvalue weighted by Crippen LogP contribution is -2.32. The molecule has 128 valence electrons. The first-order chi connectivity index (χ1) is 12.3. The summed E-state index contributed by atoms with van der Waals surface area (Å²) in [4.78, 5) is 4.47. The molecular weight excluding hydrogens is 310 g/mol. The quantitative estimate of drug-likeness (QED) is 0.493. The van der Waals surface area contributed by atoms with E-state index in [9.17, 15) is 0 Å². The number of aryl methyl sites for hydroxylation is 2. The number of hydrogen-bond acceptors (Lipinski definition) is 3. The maximum atomic E-state index is 4.47. The third kappa shape index (κ3) is 4.66. The molecular formula is C20H25N5+2. The molecule has 5 heteroatoms. The van der Waals surface area contributed by atoms with Gasteiger partial charge in [-0.3, -0.25) is 0 Å². The first-order valence-electron chi connectivity index (χ1n) is 8.91. The van der Waals surface area contributed by atoms with E-state index in [1.807, 2.05) is 36.1 Å². The van der Waals surface area contributed by atoms with Crippen LogP contribution in [0.15, 0.2) is 55.2 Å². The maximum Gasteiger partial charge on any atom is 0.182 e. The summed E-state index contributed by atoms with van der Waals surface area (Å²) in [5, 5.41) is 8.61. The van der Waals surface area contributed by atoms with E-state index in [-0.39, 0.29) is 0 Å². The lowest BCUT2D eigenvalue weighted by Gasteiger charge is -2.02. The largest absolute Gasteiger partial charge is 0.233 e. The van der Waals surface area contributed by atoms with Crippen molar-refractivity contribution in [3.05, 3.63) is 55.2 Å². The van der Waals surface area contributed by atoms with Crippen LogP contribution in [0.1, 0.15) is 32.6 Å². The molecule has 0 aliphatic rings. The van der Waals surface area contributed by atoms with Crippen LogP contribution in [0, 0.1) is 0 Å². The second-order valence-corrected chi connectivity index (χ2v) is 6.30. The van der Waals surface area contributed by atoms with E-state index in [2.05, 4.69) is 51.2 Å². The van der Waals surface area contributed by atoms with Gasteiger partial charge in [0.1, 0.15) is 19.3 Å². The molecule has 3 heterocycles. The van der Waals surface area contributed by atoms with Crippen molar-refractivity contribution < 1.29 is 9.13 Å². The van der Waals surface area contributed by atoms with Crippen molar-refractivity contribution in [3.8, 4) is 22.6 Å². The summed E-state index contributed by atoms with van der Waals surface area (Å²) < 4.78 is 4.20. The second-order valence-electron chi connectivity index (χ2n) is 6.30. The molecule has 0 amide bonds. The number of hydrogen-bond donors (Lipinski definition) is 0. The van der Waals surface area contributed by atoms with E-state index in [1.165, 1.54) is 25.7 Å². The topological polar surface area (TPSA) is 46.4 Å². The normalized spacial score (nSPS) is 10.8. The van der Waals surface area contributed by atoms with Crippen LogP contribution in [0.4, 0.5) is 0 Å². The van der Waals surface area contributed by atoms with Crippen LogP contribution in [0.2, 0.25) is 0 Å². The van der Waals surface area contributed by atoms with E-state index in [4.69, 9.17) is 0 Å². The lowest BCUT2D eigenvalue weighted by atomic mass is 10.2. The molecule has 5 nitrogen and oxygen atoms in total. The summed E-state index contributed by atoms with van der Waals surface area (Å²) in [6, 6.07) is 8.13. The Morgan fingerprint density at radius 2 is 1.56 bits per heavy atom. The van der Waals surface area contributed by atoms with Crippen molar-refractivity contribution in [1.82, 2.24) is 15.2 Å². The summed E-state index contributed by atoms with van der Waals surface area (Å²) in [5.41, 5.74) is 2.79. The van der Waals surface area contributed by atoms with E-state index in [0.717, 1.165) is 23.4 Å². The van der Waals surface area contributed by atoms with E-state index in [0.29, 0.717) is 5.82 Å². The zero-order chi connectivity index (χ0) is 17.5. The SMILES string of the molecule is CCCCCC[n+]1ccc(-c2ncc(-c3cc[n+](C)cc3)nn2)cc1. The molecule has 0 unspecified atom stereocenters. The van der Waals surface area contributed by atoms with Crippen molar-refractivity contribution in [2.45, 2.75) is 39.2 Å². The van der Waals surface area contributed by atoms with Crippen molar-refractivity contribution in [3.63, 3.8) is 0 Å². The molecule has 25 heavy (non-hydrogen) atoms. The highest BCUT2D eigenvalue weighted by Crippen LogP contribution is 2.16. The number of pyridine rings is 2. The third-order valence-corrected chi connectivity index (χ3v) is 4.26. The second kappa shape index (κ2) is 8.42. The van der Waals surface area contributed by atoms with Gasteiger partial charge < -0.3 is 0 Å². The Morgan fingerprint density at radius 3 is 2.20 bits per heavy atom. The van der Waals surface area contributed by atoms with Crippen molar-refractivity contribution in [2.24, 2.45) is 7.05 Å². The molecule has 0 aromatic carbocycles. The molecule has 3 aromatic heterocycles. The monoisotopic (exact) mass is 335 g/mol. The Hall–Kier alpha value is -2.69. The molecule has 0 aliphatic carbocycles. The summed E-state index contributed by atoms with van der Waals surface area (Å²) >= 11 is 0. The fourth-order valence-corrected chi connectivity index (χ4v) is 2.69. The molecule has 0 saturated heterocycles. The van der Waals surface area contributed by atoms with Gasteiger partial charge in [-0.15, -0.1) is 10.2 Å². The van der Waals surface area contributed by atoms with Gasteiger partial charge in [0.25, 0.3) is 0 Å². The van der Waals surface area contributed by atoms with Crippen LogP contribution in [0.25, 0.3) is 22.6 Å². The van der Waals surface area contributed by atoms with Gasteiger partial charge >= 0.3 is 0 Å². The number of aromatic nitrogens is 5. The standard InChI is InChI=1S/C20H25N5/c1-3-4-5-6-11-25-14-9-18(10-15-25)20-21-16-19(22-23-20)17-7-12-24(2)13-8-17/h7-10,12-16H,3-6,11H2,1-2H3/q+2.